The number of ether oxygens (including phenoxy) is 2. The van der Waals surface area contributed by atoms with Gasteiger partial charge in [0.1, 0.15) is 12.4 Å². The van der Waals surface area contributed by atoms with Gasteiger partial charge < -0.3 is 14.6 Å². The summed E-state index contributed by atoms with van der Waals surface area (Å²) in [5, 5.41) is 10.2. The first-order chi connectivity index (χ1) is 15.7. The molecule has 4 nitrogen and oxygen atoms in total. The van der Waals surface area contributed by atoms with Gasteiger partial charge in [-0.25, -0.2) is 0 Å². The lowest BCUT2D eigenvalue weighted by Crippen LogP contribution is -2.05. The van der Waals surface area contributed by atoms with Gasteiger partial charge in [0.2, 0.25) is 0 Å². The van der Waals surface area contributed by atoms with Crippen molar-refractivity contribution in [1.29, 1.82) is 0 Å². The third-order valence-electron chi connectivity index (χ3n) is 6.23. The molecule has 1 atom stereocenters. The minimum absolute atomic E-state index is 0.204. The molecule has 1 aliphatic rings. The monoisotopic (exact) mass is 436 g/mol. The van der Waals surface area contributed by atoms with Crippen LogP contribution in [0.25, 0.3) is 6.08 Å². The molecule has 172 valence electrons. The standard InChI is InChI=1S/C28H36O4/c1-31-28(30)14-8-6-12-26(29)20-19-25-11-5-7-13-27(25)32-21-22-15-17-24(18-16-22)23-9-3-2-4-10-23/h5,7,11,13,15-20,23,26,29H,2-4,6,8-10,12,14,21H2,1H3/b20-19+. The highest BCUT2D eigenvalue weighted by atomic mass is 16.5. The Morgan fingerprint density at radius 1 is 1.06 bits per heavy atom. The minimum Gasteiger partial charge on any atom is -0.488 e. The summed E-state index contributed by atoms with van der Waals surface area (Å²) in [6, 6.07) is 16.8. The van der Waals surface area contributed by atoms with Gasteiger partial charge in [-0.1, -0.05) is 73.9 Å². The van der Waals surface area contributed by atoms with Crippen molar-refractivity contribution < 1.29 is 19.4 Å². The smallest absolute Gasteiger partial charge is 0.305 e. The van der Waals surface area contributed by atoms with Crippen molar-refractivity contribution in [2.45, 2.75) is 76.4 Å². The average Bonchev–Trinajstić information content (AvgIpc) is 2.85. The fourth-order valence-electron chi connectivity index (χ4n) is 4.27. The summed E-state index contributed by atoms with van der Waals surface area (Å²) in [5.74, 6) is 1.32. The molecule has 32 heavy (non-hydrogen) atoms. The Balaban J connectivity index is 1.49. The van der Waals surface area contributed by atoms with Crippen molar-refractivity contribution in [3.63, 3.8) is 0 Å². The SMILES string of the molecule is COC(=O)CCCCC(O)/C=C/c1ccccc1OCc1ccc(C2CCCCC2)cc1. The van der Waals surface area contributed by atoms with Gasteiger partial charge in [0, 0.05) is 12.0 Å². The van der Waals surface area contributed by atoms with Gasteiger partial charge in [0.25, 0.3) is 0 Å². The van der Waals surface area contributed by atoms with E-state index < -0.39 is 6.10 Å². The van der Waals surface area contributed by atoms with E-state index in [4.69, 9.17) is 4.74 Å². The van der Waals surface area contributed by atoms with Gasteiger partial charge in [-0.05, 0) is 55.2 Å². The van der Waals surface area contributed by atoms with Crippen LogP contribution in [-0.2, 0) is 16.1 Å². The maximum absolute atomic E-state index is 11.1. The summed E-state index contributed by atoms with van der Waals surface area (Å²) in [6.45, 7) is 0.520. The number of carbonyl (C=O) groups is 1. The summed E-state index contributed by atoms with van der Waals surface area (Å²) in [7, 11) is 1.39. The molecule has 1 N–H and O–H groups in total. The third kappa shape index (κ3) is 7.83. The molecule has 2 aromatic rings. The zero-order valence-electron chi connectivity index (χ0n) is 19.2. The molecule has 1 fully saturated rings. The van der Waals surface area contributed by atoms with E-state index in [1.54, 1.807) is 6.08 Å². The summed E-state index contributed by atoms with van der Waals surface area (Å²) in [5.41, 5.74) is 3.56. The highest BCUT2D eigenvalue weighted by molar-refractivity contribution is 5.69. The predicted molar refractivity (Wildman–Crippen MR) is 129 cm³/mol. The number of benzene rings is 2. The van der Waals surface area contributed by atoms with Crippen LogP contribution < -0.4 is 4.74 Å². The van der Waals surface area contributed by atoms with E-state index >= 15 is 0 Å². The van der Waals surface area contributed by atoms with Crippen molar-refractivity contribution in [1.82, 2.24) is 0 Å². The van der Waals surface area contributed by atoms with Crippen LogP contribution in [0, 0.1) is 0 Å². The summed E-state index contributed by atoms with van der Waals surface area (Å²) in [4.78, 5) is 11.1. The quantitative estimate of drug-likeness (QED) is 0.326. The summed E-state index contributed by atoms with van der Waals surface area (Å²) >= 11 is 0. The van der Waals surface area contributed by atoms with Crippen LogP contribution >= 0.6 is 0 Å². The lowest BCUT2D eigenvalue weighted by atomic mass is 9.84. The fraction of sp³-hybridized carbons (Fsp3) is 0.464. The number of hydrogen-bond acceptors (Lipinski definition) is 4. The number of para-hydroxylation sites is 1. The van der Waals surface area contributed by atoms with E-state index in [2.05, 4.69) is 29.0 Å². The molecule has 1 saturated carbocycles. The van der Waals surface area contributed by atoms with Crippen molar-refractivity contribution in [3.8, 4) is 5.75 Å². The predicted octanol–water partition coefficient (Wildman–Crippen LogP) is 6.42. The topological polar surface area (TPSA) is 55.8 Å². The highest BCUT2D eigenvalue weighted by Gasteiger charge is 2.15. The third-order valence-corrected chi connectivity index (χ3v) is 6.23. The Hall–Kier alpha value is -2.59. The number of hydrogen-bond donors (Lipinski definition) is 1. The molecular weight excluding hydrogens is 400 g/mol. The Kier molecular flexibility index (Phi) is 9.83. The first-order valence-corrected chi connectivity index (χ1v) is 11.9. The van der Waals surface area contributed by atoms with Gasteiger partial charge >= 0.3 is 5.97 Å². The zero-order valence-corrected chi connectivity index (χ0v) is 19.2. The number of aliphatic hydroxyl groups excluding tert-OH is 1. The second-order valence-electron chi connectivity index (χ2n) is 8.65. The molecule has 0 aromatic heterocycles. The van der Waals surface area contributed by atoms with Crippen molar-refractivity contribution in [2.75, 3.05) is 7.11 Å². The van der Waals surface area contributed by atoms with Crippen molar-refractivity contribution in [2.24, 2.45) is 0 Å². The van der Waals surface area contributed by atoms with Crippen LogP contribution in [-0.4, -0.2) is 24.3 Å². The van der Waals surface area contributed by atoms with Gasteiger partial charge in [-0.15, -0.1) is 0 Å². The van der Waals surface area contributed by atoms with Crippen molar-refractivity contribution in [3.05, 3.63) is 71.3 Å². The number of methoxy groups -OCH3 is 1. The fourth-order valence-corrected chi connectivity index (χ4v) is 4.27. The second kappa shape index (κ2) is 13.1. The number of unbranched alkanes of at least 4 members (excludes halogenated alkanes) is 1. The molecule has 0 spiro atoms. The lowest BCUT2D eigenvalue weighted by molar-refractivity contribution is -0.140. The van der Waals surface area contributed by atoms with E-state index in [1.807, 2.05) is 30.3 Å². The number of rotatable bonds is 11. The molecule has 0 heterocycles. The second-order valence-corrected chi connectivity index (χ2v) is 8.65. The largest absolute Gasteiger partial charge is 0.488 e. The van der Waals surface area contributed by atoms with Crippen LogP contribution in [0.15, 0.2) is 54.6 Å². The van der Waals surface area contributed by atoms with Crippen LogP contribution in [0.5, 0.6) is 5.75 Å². The molecule has 3 rings (SSSR count). The van der Waals surface area contributed by atoms with E-state index in [1.165, 1.54) is 44.8 Å². The first-order valence-electron chi connectivity index (χ1n) is 11.9. The maximum Gasteiger partial charge on any atom is 0.305 e. The summed E-state index contributed by atoms with van der Waals surface area (Å²) in [6.07, 6.45) is 12.4. The zero-order chi connectivity index (χ0) is 22.6. The van der Waals surface area contributed by atoms with Gasteiger partial charge in [0.15, 0.2) is 0 Å². The molecule has 0 saturated heterocycles. The molecule has 1 unspecified atom stereocenters. The number of carbonyl (C=O) groups excluding carboxylic acids is 1. The Labute approximate surface area is 192 Å². The summed E-state index contributed by atoms with van der Waals surface area (Å²) < 4.78 is 10.7. The van der Waals surface area contributed by atoms with Crippen LogP contribution in [0.2, 0.25) is 0 Å². The molecule has 0 amide bonds. The normalized spacial score (nSPS) is 15.6. The average molecular weight is 437 g/mol. The first kappa shape index (κ1) is 24.1. The molecule has 0 bridgehead atoms. The number of esters is 1. The minimum atomic E-state index is -0.548. The van der Waals surface area contributed by atoms with E-state index in [9.17, 15) is 9.90 Å². The van der Waals surface area contributed by atoms with Gasteiger partial charge in [-0.3, -0.25) is 4.79 Å². The Bertz CT molecular complexity index is 850. The Morgan fingerprint density at radius 3 is 2.56 bits per heavy atom. The molecule has 0 radical (unpaired) electrons. The van der Waals surface area contributed by atoms with Gasteiger partial charge in [0.05, 0.1) is 13.2 Å². The lowest BCUT2D eigenvalue weighted by Gasteiger charge is -2.22. The molecule has 2 aromatic carbocycles. The van der Waals surface area contributed by atoms with Crippen molar-refractivity contribution >= 4 is 12.0 Å². The maximum atomic E-state index is 11.1. The van der Waals surface area contributed by atoms with Crippen LogP contribution in [0.3, 0.4) is 0 Å². The van der Waals surface area contributed by atoms with E-state index in [0.29, 0.717) is 19.4 Å². The Morgan fingerprint density at radius 2 is 1.81 bits per heavy atom. The molecule has 1 aliphatic carbocycles. The molecule has 4 heteroatoms. The van der Waals surface area contributed by atoms with Crippen LogP contribution in [0.4, 0.5) is 0 Å². The molecular formula is C28H36O4. The molecule has 0 aliphatic heterocycles. The number of aliphatic hydroxyl groups is 1. The van der Waals surface area contributed by atoms with E-state index in [0.717, 1.165) is 35.6 Å². The van der Waals surface area contributed by atoms with Gasteiger partial charge in [-0.2, -0.15) is 0 Å². The highest BCUT2D eigenvalue weighted by Crippen LogP contribution is 2.32. The van der Waals surface area contributed by atoms with Crippen LogP contribution in [0.1, 0.15) is 80.4 Å². The van der Waals surface area contributed by atoms with E-state index in [-0.39, 0.29) is 5.97 Å².